The molecule has 0 fully saturated rings. The Hall–Kier alpha value is -2.21. The van der Waals surface area contributed by atoms with Crippen LogP contribution in [0.1, 0.15) is 28.6 Å². The van der Waals surface area contributed by atoms with Crippen molar-refractivity contribution in [2.75, 3.05) is 13.2 Å². The number of carboxylic acids is 1. The van der Waals surface area contributed by atoms with Crippen molar-refractivity contribution < 1.29 is 40.0 Å². The predicted molar refractivity (Wildman–Crippen MR) is 58.3 cm³/mol. The summed E-state index contributed by atoms with van der Waals surface area (Å²) < 4.78 is 8.74. The van der Waals surface area contributed by atoms with Crippen LogP contribution in [-0.2, 0) is 33.4 Å². The molecule has 18 heavy (non-hydrogen) atoms. The van der Waals surface area contributed by atoms with Crippen LogP contribution in [0.5, 0.6) is 0 Å². The van der Waals surface area contributed by atoms with Crippen LogP contribution in [0, 0.1) is 0 Å². The van der Waals surface area contributed by atoms with E-state index in [0.717, 1.165) is 0 Å². The van der Waals surface area contributed by atoms with Gasteiger partial charge in [0.1, 0.15) is 6.42 Å². The first kappa shape index (κ1) is 21.1. The second-order valence-electron chi connectivity index (χ2n) is 2.38. The van der Waals surface area contributed by atoms with Crippen molar-refractivity contribution in [3.05, 3.63) is 0 Å². The van der Waals surface area contributed by atoms with Gasteiger partial charge in [-0.2, -0.15) is 9.59 Å². The Kier molecular flexibility index (Phi) is 20.2. The third-order valence-electron chi connectivity index (χ3n) is 0.948. The average Bonchev–Trinajstić information content (AvgIpc) is 2.18. The van der Waals surface area contributed by atoms with Gasteiger partial charge >= 0.3 is 24.1 Å². The Morgan fingerprint density at radius 2 is 1.50 bits per heavy atom. The van der Waals surface area contributed by atoms with Crippen LogP contribution in [0.4, 0.5) is 0 Å². The van der Waals surface area contributed by atoms with Gasteiger partial charge in [0.05, 0.1) is 13.2 Å². The number of carbonyl (C=O) groups excluding carboxylic acids is 4. The van der Waals surface area contributed by atoms with Crippen LogP contribution in [-0.4, -0.2) is 42.4 Å². The molecule has 1 N–H and O–H groups in total. The van der Waals surface area contributed by atoms with Crippen molar-refractivity contribution in [1.82, 2.24) is 0 Å². The minimum atomic E-state index is -1.16. The summed E-state index contributed by atoms with van der Waals surface area (Å²) in [5.41, 5.74) is 0. The van der Waals surface area contributed by atoms with Crippen molar-refractivity contribution in [3.8, 4) is 0 Å². The molecule has 0 saturated heterocycles. The molecule has 0 aliphatic carbocycles. The van der Waals surface area contributed by atoms with Gasteiger partial charge in [-0.3, -0.25) is 14.4 Å². The number of esters is 2. The normalized spacial score (nSPS) is 7.28. The molecule has 0 rings (SSSR count). The van der Waals surface area contributed by atoms with Crippen LogP contribution in [0.3, 0.4) is 0 Å². The topological polar surface area (TPSA) is 124 Å². The van der Waals surface area contributed by atoms with E-state index in [4.69, 9.17) is 14.7 Å². The molecule has 0 atom stereocenters. The maximum atomic E-state index is 10.3. The van der Waals surface area contributed by atoms with Gasteiger partial charge in [-0.15, -0.1) is 0 Å². The first-order valence-electron chi connectivity index (χ1n) is 4.85. The number of hydrogen-bond donors (Lipinski definition) is 1. The molecular weight excluding hydrogens is 248 g/mol. The van der Waals surface area contributed by atoms with Gasteiger partial charge in [0.25, 0.3) is 0 Å². The maximum Gasteiger partial charge on any atom is 0.373 e. The van der Waals surface area contributed by atoms with E-state index in [1.807, 2.05) is 0 Å². The molecule has 0 aliphatic heterocycles. The number of hydrogen-bond acceptors (Lipinski definition) is 7. The van der Waals surface area contributed by atoms with E-state index < -0.39 is 18.4 Å². The van der Waals surface area contributed by atoms with E-state index in [1.165, 1.54) is 6.92 Å². The van der Waals surface area contributed by atoms with Gasteiger partial charge in [0.15, 0.2) is 0 Å². The molecule has 0 heterocycles. The second-order valence-corrected chi connectivity index (χ2v) is 2.38. The molecule has 0 bridgehead atoms. The number of rotatable bonds is 4. The minimum Gasteiger partial charge on any atom is -0.481 e. The molecule has 0 saturated carbocycles. The van der Waals surface area contributed by atoms with Crippen LogP contribution in [0.15, 0.2) is 0 Å². The molecule has 0 radical (unpaired) electrons. The minimum absolute atomic E-state index is 0. The number of carboxylic acid groups (broad SMARTS) is 1. The lowest BCUT2D eigenvalue weighted by Gasteiger charge is -1.95. The summed E-state index contributed by atoms with van der Waals surface area (Å²) in [6.07, 6.45) is -0.298. The quantitative estimate of drug-likeness (QED) is 0.568. The highest BCUT2D eigenvalue weighted by molar-refractivity contribution is 5.90. The van der Waals surface area contributed by atoms with Gasteiger partial charge in [-0.1, -0.05) is 0 Å². The molecule has 8 heteroatoms. The van der Waals surface area contributed by atoms with Crippen LogP contribution >= 0.6 is 0 Å². The first-order chi connectivity index (χ1) is 8.35. The fourth-order valence-electron chi connectivity index (χ4n) is 0.539. The fourth-order valence-corrected chi connectivity index (χ4v) is 0.539. The molecular formula is C10H18O8. The second kappa shape index (κ2) is 17.2. The zero-order valence-corrected chi connectivity index (χ0v) is 10.4. The van der Waals surface area contributed by atoms with Crippen LogP contribution in [0.25, 0.3) is 0 Å². The zero-order valence-electron chi connectivity index (χ0n) is 10.4. The Morgan fingerprint density at radius 3 is 1.67 bits per heavy atom. The highest BCUT2D eigenvalue weighted by Gasteiger charge is 2.06. The van der Waals surface area contributed by atoms with Gasteiger partial charge in [-0.25, -0.2) is 0 Å². The summed E-state index contributed by atoms with van der Waals surface area (Å²) >= 11 is 0. The SMILES string of the molecule is CCOC(=O)CC(=O)O.CCOC(C)=O.O=C=O.[2HH]. The fraction of sp³-hybridized carbons (Fsp3) is 0.600. The molecule has 106 valence electrons. The highest BCUT2D eigenvalue weighted by Crippen LogP contribution is 1.84. The summed E-state index contributed by atoms with van der Waals surface area (Å²) in [4.78, 5) is 46.1. The van der Waals surface area contributed by atoms with Crippen molar-refractivity contribution in [3.63, 3.8) is 0 Å². The van der Waals surface area contributed by atoms with Crippen LogP contribution < -0.4 is 0 Å². The Morgan fingerprint density at radius 1 is 1.11 bits per heavy atom. The molecule has 0 amide bonds. The summed E-state index contributed by atoms with van der Waals surface area (Å²) in [5, 5.41) is 8.01. The summed E-state index contributed by atoms with van der Waals surface area (Å²) in [6, 6.07) is 0. The summed E-state index contributed by atoms with van der Waals surface area (Å²) in [6.45, 7) is 5.51. The molecule has 0 unspecified atom stereocenters. The van der Waals surface area contributed by atoms with Gasteiger partial charge < -0.3 is 14.6 Å². The van der Waals surface area contributed by atoms with E-state index in [0.29, 0.717) is 6.61 Å². The van der Waals surface area contributed by atoms with E-state index in [2.05, 4.69) is 9.47 Å². The Labute approximate surface area is 105 Å². The number of ether oxygens (including phenoxy) is 2. The molecule has 0 aromatic rings. The molecule has 0 spiro atoms. The van der Waals surface area contributed by atoms with E-state index >= 15 is 0 Å². The van der Waals surface area contributed by atoms with Gasteiger partial charge in [-0.05, 0) is 13.8 Å². The molecule has 0 aromatic carbocycles. The van der Waals surface area contributed by atoms with Crippen LogP contribution in [0.2, 0.25) is 0 Å². The lowest BCUT2D eigenvalue weighted by Crippen LogP contribution is -2.09. The van der Waals surface area contributed by atoms with Crippen molar-refractivity contribution in [1.29, 1.82) is 0 Å². The monoisotopic (exact) mass is 267 g/mol. The van der Waals surface area contributed by atoms with E-state index in [1.54, 1.807) is 13.8 Å². The lowest BCUT2D eigenvalue weighted by atomic mass is 10.4. The lowest BCUT2D eigenvalue weighted by molar-refractivity contribution is -0.191. The Balaban J connectivity index is -0.0000000982. The molecule has 0 aliphatic rings. The molecule has 8 nitrogen and oxygen atoms in total. The van der Waals surface area contributed by atoms with E-state index in [9.17, 15) is 14.4 Å². The largest absolute Gasteiger partial charge is 0.481 e. The maximum absolute atomic E-state index is 10.3. The smallest absolute Gasteiger partial charge is 0.373 e. The van der Waals surface area contributed by atoms with E-state index in [-0.39, 0.29) is 20.2 Å². The average molecular weight is 267 g/mol. The highest BCUT2D eigenvalue weighted by atomic mass is 16.5. The standard InChI is InChI=1S/C5H8O4.C4H8O2.CO2.H2/c1-2-9-5(8)3-4(6)7;1-3-6-4(2)5;2-1-3;/h2-3H2,1H3,(H,6,7);3H2,1-2H3;;1H/i;;;1+1. The van der Waals surface area contributed by atoms with Crippen molar-refractivity contribution in [2.45, 2.75) is 27.2 Å². The predicted octanol–water partition coefficient (Wildman–Crippen LogP) is 0.256. The number of aliphatic carboxylic acids is 1. The van der Waals surface area contributed by atoms with Crippen molar-refractivity contribution in [2.24, 2.45) is 0 Å². The number of carbonyl (C=O) groups is 3. The molecule has 0 aromatic heterocycles. The van der Waals surface area contributed by atoms with Gasteiger partial charge in [0, 0.05) is 8.35 Å². The summed E-state index contributed by atoms with van der Waals surface area (Å²) in [5.74, 6) is -2.06. The van der Waals surface area contributed by atoms with Crippen molar-refractivity contribution >= 4 is 24.1 Å². The summed E-state index contributed by atoms with van der Waals surface area (Å²) in [7, 11) is 0. The Bertz CT molecular complexity index is 283. The third kappa shape index (κ3) is 37.2. The van der Waals surface area contributed by atoms with Gasteiger partial charge in [0.2, 0.25) is 0 Å². The zero-order chi connectivity index (χ0) is 15.0. The first-order valence-corrected chi connectivity index (χ1v) is 4.85. The third-order valence-corrected chi connectivity index (χ3v) is 0.948.